The number of hydrogen-bond acceptors (Lipinski definition) is 4. The van der Waals surface area contributed by atoms with Gasteiger partial charge in [-0.15, -0.1) is 0 Å². The van der Waals surface area contributed by atoms with Crippen LogP contribution in [0.15, 0.2) is 66.0 Å². The quantitative estimate of drug-likeness (QED) is 0.593. The molecule has 2 aromatic carbocycles. The van der Waals surface area contributed by atoms with Crippen molar-refractivity contribution in [2.24, 2.45) is 0 Å². The lowest BCUT2D eigenvalue weighted by atomic mass is 10.1. The van der Waals surface area contributed by atoms with Gasteiger partial charge in [0.05, 0.1) is 23.1 Å². The molecule has 28 heavy (non-hydrogen) atoms. The zero-order valence-electron chi connectivity index (χ0n) is 15.0. The maximum atomic E-state index is 14.3. The molecular formula is C20H16FN5O2. The minimum Gasteiger partial charge on any atom is -0.324 e. The number of nitrogens with zero attached hydrogens (tertiary/aromatic N) is 4. The molecule has 0 aliphatic heterocycles. The molecule has 0 atom stereocenters. The van der Waals surface area contributed by atoms with Crippen LogP contribution in [-0.4, -0.2) is 25.2 Å². The molecule has 2 aromatic heterocycles. The highest BCUT2D eigenvalue weighted by molar-refractivity contribution is 5.91. The van der Waals surface area contributed by atoms with Gasteiger partial charge in [-0.3, -0.25) is 9.59 Å². The van der Waals surface area contributed by atoms with Crippen LogP contribution in [-0.2, 0) is 11.3 Å². The Morgan fingerprint density at radius 2 is 1.96 bits per heavy atom. The molecular weight excluding hydrogens is 361 g/mol. The largest absolute Gasteiger partial charge is 0.324 e. The number of rotatable bonds is 4. The molecule has 140 valence electrons. The third-order valence-corrected chi connectivity index (χ3v) is 4.36. The molecule has 2 heterocycles. The molecule has 0 unspecified atom stereocenters. The Kier molecular flexibility index (Phi) is 4.44. The van der Waals surface area contributed by atoms with Crippen molar-refractivity contribution >= 4 is 22.4 Å². The number of anilines is 1. The first-order valence-corrected chi connectivity index (χ1v) is 8.57. The highest BCUT2D eigenvalue weighted by Crippen LogP contribution is 2.18. The van der Waals surface area contributed by atoms with Crippen molar-refractivity contribution in [1.82, 2.24) is 19.3 Å². The van der Waals surface area contributed by atoms with Gasteiger partial charge in [0.1, 0.15) is 12.4 Å². The first-order valence-electron chi connectivity index (χ1n) is 8.57. The van der Waals surface area contributed by atoms with Crippen LogP contribution in [0.1, 0.15) is 5.69 Å². The van der Waals surface area contributed by atoms with E-state index in [9.17, 15) is 14.0 Å². The number of fused-ring (bicyclic) bond motifs is 1. The highest BCUT2D eigenvalue weighted by atomic mass is 19.1. The van der Waals surface area contributed by atoms with E-state index in [1.807, 2.05) is 12.1 Å². The van der Waals surface area contributed by atoms with Crippen molar-refractivity contribution in [3.05, 3.63) is 83.1 Å². The second-order valence-corrected chi connectivity index (χ2v) is 6.28. The van der Waals surface area contributed by atoms with Crippen molar-refractivity contribution in [2.75, 3.05) is 5.32 Å². The minimum atomic E-state index is -0.507. The first-order chi connectivity index (χ1) is 13.5. The van der Waals surface area contributed by atoms with E-state index in [4.69, 9.17) is 0 Å². The number of nitrogens with one attached hydrogen (secondary N) is 1. The fraction of sp³-hybridized carbons (Fsp3) is 0.100. The van der Waals surface area contributed by atoms with Crippen molar-refractivity contribution in [1.29, 1.82) is 0 Å². The molecule has 7 nitrogen and oxygen atoms in total. The Morgan fingerprint density at radius 3 is 2.68 bits per heavy atom. The number of carbonyl (C=O) groups is 1. The fourth-order valence-electron chi connectivity index (χ4n) is 3.04. The van der Waals surface area contributed by atoms with Crippen LogP contribution in [0, 0.1) is 12.7 Å². The molecule has 0 fully saturated rings. The molecule has 1 N–H and O–H groups in total. The maximum absolute atomic E-state index is 14.3. The van der Waals surface area contributed by atoms with E-state index in [0.29, 0.717) is 16.8 Å². The van der Waals surface area contributed by atoms with Gasteiger partial charge >= 0.3 is 0 Å². The summed E-state index contributed by atoms with van der Waals surface area (Å²) in [6, 6.07) is 11.4. The molecule has 4 aromatic rings. The normalized spacial score (nSPS) is 10.9. The van der Waals surface area contributed by atoms with Gasteiger partial charge in [0.25, 0.3) is 5.56 Å². The van der Waals surface area contributed by atoms with E-state index >= 15 is 0 Å². The topological polar surface area (TPSA) is 81.8 Å². The number of halogens is 1. The van der Waals surface area contributed by atoms with E-state index in [1.54, 1.807) is 37.5 Å². The molecule has 0 aliphatic rings. The minimum absolute atomic E-state index is 0.268. The molecule has 0 bridgehead atoms. The summed E-state index contributed by atoms with van der Waals surface area (Å²) in [7, 11) is 0. The molecule has 0 spiro atoms. The number of imidazole rings is 1. The summed E-state index contributed by atoms with van der Waals surface area (Å²) in [6.45, 7) is 1.51. The average Bonchev–Trinajstić information content (AvgIpc) is 3.20. The number of hydrogen-bond donors (Lipinski definition) is 1. The number of amides is 1. The number of aryl methyl sites for hydroxylation is 1. The van der Waals surface area contributed by atoms with Gasteiger partial charge in [-0.25, -0.2) is 14.1 Å². The summed E-state index contributed by atoms with van der Waals surface area (Å²) in [6.07, 6.45) is 4.65. The summed E-state index contributed by atoms with van der Waals surface area (Å²) in [4.78, 5) is 28.8. The number of carbonyl (C=O) groups excluding carboxylic acids is 1. The van der Waals surface area contributed by atoms with Gasteiger partial charge in [0.15, 0.2) is 0 Å². The van der Waals surface area contributed by atoms with Crippen LogP contribution in [0.25, 0.3) is 16.5 Å². The molecule has 0 aliphatic carbocycles. The van der Waals surface area contributed by atoms with Crippen molar-refractivity contribution < 1.29 is 9.18 Å². The van der Waals surface area contributed by atoms with Crippen LogP contribution in [0.2, 0.25) is 0 Å². The molecule has 4 rings (SSSR count). The van der Waals surface area contributed by atoms with Crippen molar-refractivity contribution in [2.45, 2.75) is 13.5 Å². The SMILES string of the molecule is Cc1nn(CC(=O)Nc2ccc(-n3ccnc3)c(F)c2)c(=O)c2ccccc12. The Hall–Kier alpha value is -3.81. The summed E-state index contributed by atoms with van der Waals surface area (Å²) < 4.78 is 17.0. The van der Waals surface area contributed by atoms with Crippen LogP contribution in [0.5, 0.6) is 0 Å². The second-order valence-electron chi connectivity index (χ2n) is 6.28. The fourth-order valence-corrected chi connectivity index (χ4v) is 3.04. The Bertz CT molecular complexity index is 1230. The van der Waals surface area contributed by atoms with Gasteiger partial charge < -0.3 is 9.88 Å². The van der Waals surface area contributed by atoms with Gasteiger partial charge in [0.2, 0.25) is 5.91 Å². The second kappa shape index (κ2) is 7.07. The van der Waals surface area contributed by atoms with Crippen LogP contribution in [0.3, 0.4) is 0 Å². The Morgan fingerprint density at radius 1 is 1.18 bits per heavy atom. The highest BCUT2D eigenvalue weighted by Gasteiger charge is 2.12. The van der Waals surface area contributed by atoms with Gasteiger partial charge in [-0.1, -0.05) is 18.2 Å². The predicted octanol–water partition coefficient (Wildman–Crippen LogP) is 2.67. The molecule has 0 saturated heterocycles. The van der Waals surface area contributed by atoms with Crippen LogP contribution >= 0.6 is 0 Å². The van der Waals surface area contributed by atoms with E-state index in [-0.39, 0.29) is 17.8 Å². The molecule has 0 radical (unpaired) electrons. The van der Waals surface area contributed by atoms with E-state index in [0.717, 1.165) is 10.1 Å². The lowest BCUT2D eigenvalue weighted by molar-refractivity contribution is -0.117. The van der Waals surface area contributed by atoms with Gasteiger partial charge in [0, 0.05) is 23.5 Å². The summed E-state index contributed by atoms with van der Waals surface area (Å²) >= 11 is 0. The Labute approximate surface area is 159 Å². The summed E-state index contributed by atoms with van der Waals surface area (Å²) in [5, 5.41) is 8.05. The van der Waals surface area contributed by atoms with Crippen LogP contribution in [0.4, 0.5) is 10.1 Å². The number of benzene rings is 2. The molecule has 0 saturated carbocycles. The summed E-state index contributed by atoms with van der Waals surface area (Å²) in [5.41, 5.74) is 0.909. The maximum Gasteiger partial charge on any atom is 0.275 e. The standard InChI is InChI=1S/C20H16FN5O2/c1-13-15-4-2-3-5-16(15)20(28)26(24-13)11-19(27)23-14-6-7-18(17(21)10-14)25-9-8-22-12-25/h2-10,12H,11H2,1H3,(H,23,27). The molecule has 8 heteroatoms. The molecule has 1 amide bonds. The predicted molar refractivity (Wildman–Crippen MR) is 103 cm³/mol. The van der Waals surface area contributed by atoms with Crippen LogP contribution < -0.4 is 10.9 Å². The average molecular weight is 377 g/mol. The third-order valence-electron chi connectivity index (χ3n) is 4.36. The van der Waals surface area contributed by atoms with E-state index in [2.05, 4.69) is 15.4 Å². The van der Waals surface area contributed by atoms with Crippen molar-refractivity contribution in [3.8, 4) is 5.69 Å². The van der Waals surface area contributed by atoms with E-state index in [1.165, 1.54) is 23.0 Å². The number of aromatic nitrogens is 4. The van der Waals surface area contributed by atoms with Gasteiger partial charge in [-0.2, -0.15) is 5.10 Å². The third kappa shape index (κ3) is 3.27. The zero-order chi connectivity index (χ0) is 19.7. The smallest absolute Gasteiger partial charge is 0.275 e. The summed E-state index contributed by atoms with van der Waals surface area (Å²) in [5.74, 6) is -0.980. The first kappa shape index (κ1) is 17.6. The monoisotopic (exact) mass is 377 g/mol. The van der Waals surface area contributed by atoms with E-state index < -0.39 is 11.7 Å². The zero-order valence-corrected chi connectivity index (χ0v) is 15.0. The Balaban J connectivity index is 1.55. The van der Waals surface area contributed by atoms with Gasteiger partial charge in [-0.05, 0) is 31.2 Å². The lowest BCUT2D eigenvalue weighted by Gasteiger charge is -2.10. The lowest BCUT2D eigenvalue weighted by Crippen LogP contribution is -2.30. The van der Waals surface area contributed by atoms with Crippen molar-refractivity contribution in [3.63, 3.8) is 0 Å².